The van der Waals surface area contributed by atoms with Crippen molar-refractivity contribution in [1.82, 2.24) is 4.90 Å². The van der Waals surface area contributed by atoms with E-state index in [1.54, 1.807) is 7.11 Å². The second kappa shape index (κ2) is 9.43. The Morgan fingerprint density at radius 2 is 2.06 bits per heavy atom. The normalized spacial score (nSPS) is 24.9. The van der Waals surface area contributed by atoms with Crippen molar-refractivity contribution in [3.63, 3.8) is 0 Å². The van der Waals surface area contributed by atoms with E-state index >= 15 is 0 Å². The number of benzene rings is 1. The number of allylic oxidation sites excluding steroid dienone is 3. The maximum Gasteiger partial charge on any atom is 0.128 e. The number of nitrogens with zero attached hydrogens (tertiary/aromatic N) is 4. The quantitative estimate of drug-likeness (QED) is 0.483. The molecule has 162 valence electrons. The lowest BCUT2D eigenvalue weighted by Gasteiger charge is -2.42. The van der Waals surface area contributed by atoms with Crippen LogP contribution in [0.1, 0.15) is 44.6 Å². The summed E-state index contributed by atoms with van der Waals surface area (Å²) in [7, 11) is 1.60. The van der Waals surface area contributed by atoms with E-state index in [9.17, 15) is 0 Å². The van der Waals surface area contributed by atoms with Crippen LogP contribution in [-0.4, -0.2) is 47.9 Å². The second-order valence-electron chi connectivity index (χ2n) is 8.06. The van der Waals surface area contributed by atoms with Crippen LogP contribution in [0.25, 0.3) is 0 Å². The third kappa shape index (κ3) is 4.00. The van der Waals surface area contributed by atoms with Gasteiger partial charge in [-0.1, -0.05) is 61.3 Å². The number of dihydropyridines is 1. The molecule has 1 aromatic rings. The highest BCUT2D eigenvalue weighted by atomic mass is 16.6. The summed E-state index contributed by atoms with van der Waals surface area (Å²) < 4.78 is 0. The molecule has 0 aromatic heterocycles. The third-order valence-electron chi connectivity index (χ3n) is 6.11. The summed E-state index contributed by atoms with van der Waals surface area (Å²) >= 11 is 0. The van der Waals surface area contributed by atoms with Crippen molar-refractivity contribution >= 4 is 17.6 Å². The summed E-state index contributed by atoms with van der Waals surface area (Å²) in [5.74, 6) is 0. The van der Waals surface area contributed by atoms with E-state index in [0.29, 0.717) is 0 Å². The number of oxime groups is 1. The number of unbranched alkanes of at least 4 members (excludes halogenated alkanes) is 1. The summed E-state index contributed by atoms with van der Waals surface area (Å²) in [5.41, 5.74) is 10.7. The van der Waals surface area contributed by atoms with Crippen molar-refractivity contribution in [2.45, 2.75) is 50.7 Å². The molecule has 0 radical (unpaired) electrons. The molecule has 6 nitrogen and oxygen atoms in total. The van der Waals surface area contributed by atoms with Gasteiger partial charge in [0.15, 0.2) is 0 Å². The number of hydrogen-bond donors (Lipinski definition) is 1. The lowest BCUT2D eigenvalue weighted by Crippen LogP contribution is -2.55. The van der Waals surface area contributed by atoms with Gasteiger partial charge in [0.2, 0.25) is 0 Å². The van der Waals surface area contributed by atoms with Crippen LogP contribution < -0.4 is 5.73 Å². The van der Waals surface area contributed by atoms with Gasteiger partial charge >= 0.3 is 0 Å². The largest absolute Gasteiger partial charge is 0.399 e. The van der Waals surface area contributed by atoms with Crippen molar-refractivity contribution in [2.75, 3.05) is 13.7 Å². The summed E-state index contributed by atoms with van der Waals surface area (Å²) in [6, 6.07) is 10.2. The lowest BCUT2D eigenvalue weighted by atomic mass is 9.81. The predicted octanol–water partition coefficient (Wildman–Crippen LogP) is 4.21. The first-order chi connectivity index (χ1) is 15.2. The van der Waals surface area contributed by atoms with Gasteiger partial charge in [-0.15, -0.1) is 0 Å². The van der Waals surface area contributed by atoms with Crippen molar-refractivity contribution < 1.29 is 4.84 Å². The highest BCUT2D eigenvalue weighted by molar-refractivity contribution is 6.13. The first-order valence-corrected chi connectivity index (χ1v) is 11.1. The van der Waals surface area contributed by atoms with Gasteiger partial charge in [0.05, 0.1) is 22.8 Å². The van der Waals surface area contributed by atoms with Crippen LogP contribution in [0.3, 0.4) is 0 Å². The molecule has 3 aliphatic rings. The van der Waals surface area contributed by atoms with E-state index in [0.717, 1.165) is 67.0 Å². The summed E-state index contributed by atoms with van der Waals surface area (Å²) in [6.45, 7) is 3.08. The Balaban J connectivity index is 1.57. The Morgan fingerprint density at radius 1 is 1.23 bits per heavy atom. The fraction of sp³-hybridized carbons (Fsp3) is 0.400. The maximum absolute atomic E-state index is 6.40. The molecule has 2 atom stereocenters. The number of aliphatic imine (C=N–C) groups is 2. The molecule has 1 aliphatic carbocycles. The molecule has 0 amide bonds. The molecule has 2 unspecified atom stereocenters. The number of hydrogen-bond acceptors (Lipinski definition) is 6. The van der Waals surface area contributed by atoms with Crippen molar-refractivity contribution in [1.29, 1.82) is 0 Å². The molecule has 0 fully saturated rings. The Morgan fingerprint density at radius 3 is 2.84 bits per heavy atom. The minimum Gasteiger partial charge on any atom is -0.399 e. The molecule has 4 rings (SSSR count). The molecule has 0 bridgehead atoms. The zero-order valence-electron chi connectivity index (χ0n) is 18.4. The van der Waals surface area contributed by atoms with Gasteiger partial charge in [-0.25, -0.2) is 0 Å². The molecule has 1 aromatic carbocycles. The van der Waals surface area contributed by atoms with Gasteiger partial charge in [0.25, 0.3) is 0 Å². The molecule has 2 N–H and O–H groups in total. The van der Waals surface area contributed by atoms with Gasteiger partial charge in [-0.2, -0.15) is 0 Å². The molecule has 2 heterocycles. The Hall–Kier alpha value is -2.99. The summed E-state index contributed by atoms with van der Waals surface area (Å²) in [5, 5.41) is 4.29. The van der Waals surface area contributed by atoms with Crippen LogP contribution in [0.5, 0.6) is 0 Å². The van der Waals surface area contributed by atoms with Crippen molar-refractivity contribution in [3.8, 4) is 0 Å². The first kappa shape index (κ1) is 21.2. The minimum absolute atomic E-state index is 0.0980. The smallest absolute Gasteiger partial charge is 0.128 e. The number of nitrogens with two attached hydrogens (primary N) is 1. The van der Waals surface area contributed by atoms with Crippen LogP contribution in [0.15, 0.2) is 81.2 Å². The topological polar surface area (TPSA) is 75.6 Å². The molecule has 2 aliphatic heterocycles. The van der Waals surface area contributed by atoms with Crippen molar-refractivity contribution in [3.05, 3.63) is 71.6 Å². The molecule has 0 saturated heterocycles. The average molecular weight is 418 g/mol. The average Bonchev–Trinajstić information content (AvgIpc) is 3.11. The van der Waals surface area contributed by atoms with E-state index in [-0.39, 0.29) is 6.17 Å². The highest BCUT2D eigenvalue weighted by Crippen LogP contribution is 2.42. The van der Waals surface area contributed by atoms with Gasteiger partial charge < -0.3 is 10.6 Å². The predicted molar refractivity (Wildman–Crippen MR) is 127 cm³/mol. The number of rotatable bonds is 9. The SMILES string of the molecule is CCCCC1N=C2C(N)=CC=C3N=CC=CC32N1CCCC(=NOC)c1ccccc1. The monoisotopic (exact) mass is 417 g/mol. The fourth-order valence-electron chi connectivity index (χ4n) is 4.67. The van der Waals surface area contributed by atoms with Crippen LogP contribution in [-0.2, 0) is 4.84 Å². The Bertz CT molecular complexity index is 973. The summed E-state index contributed by atoms with van der Waals surface area (Å²) in [4.78, 5) is 17.4. The van der Waals surface area contributed by atoms with Crippen LogP contribution in [0.4, 0.5) is 0 Å². The van der Waals surface area contributed by atoms with Crippen LogP contribution >= 0.6 is 0 Å². The van der Waals surface area contributed by atoms with E-state index < -0.39 is 5.54 Å². The minimum atomic E-state index is -0.461. The zero-order chi connectivity index (χ0) is 21.7. The van der Waals surface area contributed by atoms with Crippen molar-refractivity contribution in [2.24, 2.45) is 20.9 Å². The van der Waals surface area contributed by atoms with Crippen LogP contribution in [0, 0.1) is 0 Å². The molecular formula is C25H31N5O. The lowest BCUT2D eigenvalue weighted by molar-refractivity contribution is 0.159. The standard InChI is InChI=1S/C25H31N5O/c1-3-4-13-23-28-24-20(26)14-15-22-25(24,16-9-17-27-22)30(23)18-8-12-21(29-31-2)19-10-6-5-7-11-19/h5-7,9-11,14-17,23H,3-4,8,12-13,18,26H2,1-2H3. The zero-order valence-corrected chi connectivity index (χ0v) is 18.4. The molecular weight excluding hydrogens is 386 g/mol. The molecule has 0 saturated carbocycles. The molecule has 31 heavy (non-hydrogen) atoms. The van der Waals surface area contributed by atoms with E-state index in [4.69, 9.17) is 15.6 Å². The Kier molecular flexibility index (Phi) is 6.47. The van der Waals surface area contributed by atoms with E-state index in [1.165, 1.54) is 0 Å². The maximum atomic E-state index is 6.40. The van der Waals surface area contributed by atoms with Gasteiger partial charge in [0.1, 0.15) is 18.8 Å². The van der Waals surface area contributed by atoms with E-state index in [1.807, 2.05) is 42.6 Å². The van der Waals surface area contributed by atoms with E-state index in [2.05, 4.69) is 40.2 Å². The van der Waals surface area contributed by atoms with Gasteiger partial charge in [-0.05, 0) is 43.1 Å². The molecule has 6 heteroatoms. The second-order valence-corrected chi connectivity index (χ2v) is 8.06. The highest BCUT2D eigenvalue weighted by Gasteiger charge is 2.52. The summed E-state index contributed by atoms with van der Waals surface area (Å²) in [6.07, 6.45) is 15.2. The van der Waals surface area contributed by atoms with Gasteiger partial charge in [-0.3, -0.25) is 14.9 Å². The van der Waals surface area contributed by atoms with Crippen LogP contribution in [0.2, 0.25) is 0 Å². The Labute approximate surface area is 184 Å². The fourth-order valence-corrected chi connectivity index (χ4v) is 4.67. The molecule has 1 spiro atoms. The van der Waals surface area contributed by atoms with Gasteiger partial charge in [0, 0.05) is 12.8 Å². The third-order valence-corrected chi connectivity index (χ3v) is 6.11. The first-order valence-electron chi connectivity index (χ1n) is 11.1.